The first-order chi connectivity index (χ1) is 10.2. The molecule has 21 heavy (non-hydrogen) atoms. The summed E-state index contributed by atoms with van der Waals surface area (Å²) in [4.78, 5) is 5.14. The van der Waals surface area contributed by atoms with Crippen molar-refractivity contribution in [1.29, 1.82) is 5.41 Å². The number of nitrogens with two attached hydrogens (primary N) is 1. The summed E-state index contributed by atoms with van der Waals surface area (Å²) in [5, 5.41) is 7.57. The lowest BCUT2D eigenvalue weighted by atomic mass is 10.1. The summed E-state index contributed by atoms with van der Waals surface area (Å²) in [6.07, 6.45) is 2.68. The van der Waals surface area contributed by atoms with Gasteiger partial charge in [-0.25, -0.2) is 0 Å². The Morgan fingerprint density at radius 1 is 1.38 bits per heavy atom. The lowest BCUT2D eigenvalue weighted by Gasteiger charge is -2.37. The third kappa shape index (κ3) is 3.04. The molecular weight excluding hydrogens is 264 g/mol. The van der Waals surface area contributed by atoms with Crippen LogP contribution in [-0.2, 0) is 6.54 Å². The summed E-state index contributed by atoms with van der Waals surface area (Å²) in [5.41, 5.74) is 7.46. The third-order valence-electron chi connectivity index (χ3n) is 4.63. The maximum Gasteiger partial charge on any atom is 0.130 e. The number of hydrogen-bond acceptors (Lipinski definition) is 4. The smallest absolute Gasteiger partial charge is 0.130 e. The zero-order valence-corrected chi connectivity index (χ0v) is 12.6. The first-order valence-electron chi connectivity index (χ1n) is 7.65. The number of methoxy groups -OCH3 is 1. The van der Waals surface area contributed by atoms with Gasteiger partial charge in [0, 0.05) is 32.2 Å². The molecule has 1 atom stereocenters. The Morgan fingerprint density at radius 2 is 2.24 bits per heavy atom. The van der Waals surface area contributed by atoms with Gasteiger partial charge in [0.2, 0.25) is 0 Å². The fourth-order valence-electron chi connectivity index (χ4n) is 3.51. The second-order valence-electron chi connectivity index (χ2n) is 6.02. The molecule has 2 saturated heterocycles. The second kappa shape index (κ2) is 6.03. The minimum atomic E-state index is 0.0537. The SMILES string of the molecule is COc1cc(CN2CCN3CCCC3C2)ccc1C(=N)N. The summed E-state index contributed by atoms with van der Waals surface area (Å²) < 4.78 is 5.36. The number of amidine groups is 1. The van der Waals surface area contributed by atoms with Crippen molar-refractivity contribution in [2.24, 2.45) is 5.73 Å². The highest BCUT2D eigenvalue weighted by Gasteiger charge is 2.30. The fraction of sp³-hybridized carbons (Fsp3) is 0.562. The van der Waals surface area contributed by atoms with Gasteiger partial charge < -0.3 is 10.5 Å². The number of benzene rings is 1. The van der Waals surface area contributed by atoms with Crippen LogP contribution in [0.4, 0.5) is 0 Å². The van der Waals surface area contributed by atoms with Gasteiger partial charge in [-0.05, 0) is 37.1 Å². The van der Waals surface area contributed by atoms with E-state index in [1.165, 1.54) is 31.5 Å². The van der Waals surface area contributed by atoms with Crippen LogP contribution in [0.5, 0.6) is 5.75 Å². The average Bonchev–Trinajstić information content (AvgIpc) is 2.94. The van der Waals surface area contributed by atoms with Crippen LogP contribution in [0.3, 0.4) is 0 Å². The van der Waals surface area contributed by atoms with Crippen molar-refractivity contribution < 1.29 is 4.74 Å². The minimum Gasteiger partial charge on any atom is -0.496 e. The molecule has 2 aliphatic heterocycles. The second-order valence-corrected chi connectivity index (χ2v) is 6.02. The quantitative estimate of drug-likeness (QED) is 0.646. The van der Waals surface area contributed by atoms with E-state index < -0.39 is 0 Å². The number of ether oxygens (including phenoxy) is 1. The zero-order valence-electron chi connectivity index (χ0n) is 12.6. The Kier molecular flexibility index (Phi) is 4.12. The highest BCUT2D eigenvalue weighted by molar-refractivity contribution is 5.97. The molecule has 2 fully saturated rings. The van der Waals surface area contributed by atoms with Crippen LogP contribution in [-0.4, -0.2) is 55.0 Å². The summed E-state index contributed by atoms with van der Waals surface area (Å²) in [5.74, 6) is 0.748. The molecule has 0 aromatic heterocycles. The molecule has 1 unspecified atom stereocenters. The lowest BCUT2D eigenvalue weighted by molar-refractivity contribution is 0.0993. The molecule has 114 valence electrons. The number of fused-ring (bicyclic) bond motifs is 1. The van der Waals surface area contributed by atoms with Crippen LogP contribution < -0.4 is 10.5 Å². The molecule has 2 aliphatic rings. The maximum atomic E-state index is 7.57. The Bertz CT molecular complexity index is 531. The molecule has 1 aromatic carbocycles. The monoisotopic (exact) mass is 288 g/mol. The van der Waals surface area contributed by atoms with E-state index in [-0.39, 0.29) is 5.84 Å². The van der Waals surface area contributed by atoms with E-state index in [4.69, 9.17) is 15.9 Å². The van der Waals surface area contributed by atoms with Gasteiger partial charge in [0.25, 0.3) is 0 Å². The normalized spacial score (nSPS) is 23.0. The Balaban J connectivity index is 1.69. The highest BCUT2D eigenvalue weighted by Crippen LogP contribution is 2.24. The Morgan fingerprint density at radius 3 is 3.00 bits per heavy atom. The van der Waals surface area contributed by atoms with E-state index >= 15 is 0 Å². The van der Waals surface area contributed by atoms with Crippen molar-refractivity contribution in [3.8, 4) is 5.75 Å². The van der Waals surface area contributed by atoms with E-state index in [1.54, 1.807) is 7.11 Å². The standard InChI is InChI=1S/C16H24N4O/c1-21-15-9-12(4-5-14(15)16(17)18)10-19-7-8-20-6-2-3-13(20)11-19/h4-5,9,13H,2-3,6-8,10-11H2,1H3,(H3,17,18). The average molecular weight is 288 g/mol. The number of hydrogen-bond donors (Lipinski definition) is 2. The number of nitrogen functional groups attached to an aromatic ring is 1. The van der Waals surface area contributed by atoms with Crippen molar-refractivity contribution in [1.82, 2.24) is 9.80 Å². The van der Waals surface area contributed by atoms with Crippen LogP contribution in [0.15, 0.2) is 18.2 Å². The largest absolute Gasteiger partial charge is 0.496 e. The maximum absolute atomic E-state index is 7.57. The lowest BCUT2D eigenvalue weighted by Crippen LogP contribution is -2.49. The molecule has 3 N–H and O–H groups in total. The van der Waals surface area contributed by atoms with Gasteiger partial charge in [0.15, 0.2) is 0 Å². The topological polar surface area (TPSA) is 65.6 Å². The fourth-order valence-corrected chi connectivity index (χ4v) is 3.51. The number of piperazine rings is 1. The van der Waals surface area contributed by atoms with Crippen LogP contribution in [0.1, 0.15) is 24.0 Å². The van der Waals surface area contributed by atoms with Gasteiger partial charge in [-0.2, -0.15) is 0 Å². The van der Waals surface area contributed by atoms with Crippen LogP contribution in [0.2, 0.25) is 0 Å². The summed E-state index contributed by atoms with van der Waals surface area (Å²) in [6, 6.07) is 6.71. The number of nitrogens with one attached hydrogen (secondary N) is 1. The van der Waals surface area contributed by atoms with Crippen molar-refractivity contribution in [3.63, 3.8) is 0 Å². The summed E-state index contributed by atoms with van der Waals surface area (Å²) >= 11 is 0. The minimum absolute atomic E-state index is 0.0537. The highest BCUT2D eigenvalue weighted by atomic mass is 16.5. The molecule has 0 aliphatic carbocycles. The van der Waals surface area contributed by atoms with Gasteiger partial charge in [-0.3, -0.25) is 15.2 Å². The molecule has 5 nitrogen and oxygen atoms in total. The van der Waals surface area contributed by atoms with Crippen LogP contribution >= 0.6 is 0 Å². The number of rotatable bonds is 4. The molecule has 1 aromatic rings. The van der Waals surface area contributed by atoms with E-state index in [0.717, 1.165) is 25.7 Å². The van der Waals surface area contributed by atoms with Gasteiger partial charge in [0.05, 0.1) is 12.7 Å². The van der Waals surface area contributed by atoms with Crippen molar-refractivity contribution in [2.45, 2.75) is 25.4 Å². The molecule has 0 spiro atoms. The molecule has 0 bridgehead atoms. The van der Waals surface area contributed by atoms with Crippen LogP contribution in [0, 0.1) is 5.41 Å². The number of nitrogens with zero attached hydrogens (tertiary/aromatic N) is 2. The third-order valence-corrected chi connectivity index (χ3v) is 4.63. The molecular formula is C16H24N4O. The molecule has 5 heteroatoms. The molecule has 0 radical (unpaired) electrons. The first-order valence-corrected chi connectivity index (χ1v) is 7.65. The molecule has 2 heterocycles. The Hall–Kier alpha value is -1.59. The van der Waals surface area contributed by atoms with Gasteiger partial charge in [-0.1, -0.05) is 6.07 Å². The van der Waals surface area contributed by atoms with Gasteiger partial charge in [-0.15, -0.1) is 0 Å². The van der Waals surface area contributed by atoms with E-state index in [0.29, 0.717) is 11.3 Å². The van der Waals surface area contributed by atoms with E-state index in [9.17, 15) is 0 Å². The summed E-state index contributed by atoms with van der Waals surface area (Å²) in [6.45, 7) is 5.70. The first kappa shape index (κ1) is 14.4. The zero-order chi connectivity index (χ0) is 14.8. The van der Waals surface area contributed by atoms with Gasteiger partial charge >= 0.3 is 0 Å². The molecule has 0 amide bonds. The van der Waals surface area contributed by atoms with Crippen molar-refractivity contribution in [2.75, 3.05) is 33.3 Å². The predicted molar refractivity (Wildman–Crippen MR) is 83.9 cm³/mol. The molecule has 0 saturated carbocycles. The predicted octanol–water partition coefficient (Wildman–Crippen LogP) is 1.26. The Labute approximate surface area is 126 Å². The van der Waals surface area contributed by atoms with E-state index in [2.05, 4.69) is 15.9 Å². The van der Waals surface area contributed by atoms with Crippen LogP contribution in [0.25, 0.3) is 0 Å². The molecule has 3 rings (SSSR count). The van der Waals surface area contributed by atoms with Crippen molar-refractivity contribution >= 4 is 5.84 Å². The van der Waals surface area contributed by atoms with Crippen molar-refractivity contribution in [3.05, 3.63) is 29.3 Å². The van der Waals surface area contributed by atoms with Gasteiger partial charge in [0.1, 0.15) is 11.6 Å². The van der Waals surface area contributed by atoms with E-state index in [1.807, 2.05) is 12.1 Å². The summed E-state index contributed by atoms with van der Waals surface area (Å²) in [7, 11) is 1.63.